The molecule has 1 atom stereocenters. The van der Waals surface area contributed by atoms with E-state index >= 15 is 0 Å². The van der Waals surface area contributed by atoms with Crippen molar-refractivity contribution >= 4 is 17.5 Å². The fourth-order valence-corrected chi connectivity index (χ4v) is 2.15. The maximum atomic E-state index is 5.82. The molecule has 0 radical (unpaired) electrons. The van der Waals surface area contributed by atoms with E-state index in [1.54, 1.807) is 0 Å². The molecule has 0 saturated carbocycles. The highest BCUT2D eigenvalue weighted by molar-refractivity contribution is 6.28. The van der Waals surface area contributed by atoms with E-state index in [-0.39, 0.29) is 11.3 Å². The molecule has 1 unspecified atom stereocenters. The third kappa shape index (κ3) is 3.43. The number of nitrogens with zero attached hydrogens (tertiary/aromatic N) is 4. The molecule has 1 saturated heterocycles. The fourth-order valence-electron chi connectivity index (χ4n) is 2.00. The maximum absolute atomic E-state index is 5.82. The van der Waals surface area contributed by atoms with Gasteiger partial charge in [-0.15, -0.1) is 0 Å². The predicted molar refractivity (Wildman–Crippen MR) is 68.2 cm³/mol. The zero-order chi connectivity index (χ0) is 13.0. The molecular weight excluding hydrogens is 256 g/mol. The van der Waals surface area contributed by atoms with Crippen LogP contribution in [-0.2, 0) is 4.74 Å². The van der Waals surface area contributed by atoms with Crippen molar-refractivity contribution in [3.8, 4) is 6.01 Å². The van der Waals surface area contributed by atoms with Crippen molar-refractivity contribution in [1.82, 2.24) is 15.0 Å². The normalized spacial score (nSPS) is 19.6. The second-order valence-electron chi connectivity index (χ2n) is 4.35. The van der Waals surface area contributed by atoms with Crippen molar-refractivity contribution in [2.75, 3.05) is 38.8 Å². The average Bonchev–Trinajstić information content (AvgIpc) is 2.39. The van der Waals surface area contributed by atoms with Crippen LogP contribution >= 0.6 is 11.6 Å². The van der Waals surface area contributed by atoms with Crippen LogP contribution in [-0.4, -0.2) is 48.9 Å². The predicted octanol–water partition coefficient (Wildman–Crippen LogP) is 1.40. The molecule has 2 rings (SSSR count). The zero-order valence-corrected chi connectivity index (χ0v) is 11.4. The molecule has 1 aromatic heterocycles. The lowest BCUT2D eigenvalue weighted by molar-refractivity contribution is 0.0575. The summed E-state index contributed by atoms with van der Waals surface area (Å²) in [5.74, 6) is 1.03. The average molecular weight is 273 g/mol. The lowest BCUT2D eigenvalue weighted by atomic mass is 10.0. The quantitative estimate of drug-likeness (QED) is 0.826. The molecular formula is C11H17ClN4O2. The van der Waals surface area contributed by atoms with Crippen LogP contribution in [0.15, 0.2) is 0 Å². The van der Waals surface area contributed by atoms with E-state index in [4.69, 9.17) is 21.1 Å². The van der Waals surface area contributed by atoms with Gasteiger partial charge in [-0.05, 0) is 30.4 Å². The van der Waals surface area contributed by atoms with Crippen LogP contribution in [0.2, 0.25) is 5.28 Å². The molecule has 1 aliphatic rings. The monoisotopic (exact) mass is 272 g/mol. The lowest BCUT2D eigenvalue weighted by Gasteiger charge is -2.27. The van der Waals surface area contributed by atoms with Crippen molar-refractivity contribution in [3.05, 3.63) is 5.28 Å². The third-order valence-electron chi connectivity index (χ3n) is 2.89. The van der Waals surface area contributed by atoms with Gasteiger partial charge in [0.25, 0.3) is 0 Å². The second kappa shape index (κ2) is 6.15. The first-order valence-corrected chi connectivity index (χ1v) is 6.31. The van der Waals surface area contributed by atoms with Gasteiger partial charge in [0.05, 0.1) is 13.7 Å². The Morgan fingerprint density at radius 3 is 2.94 bits per heavy atom. The van der Waals surface area contributed by atoms with Gasteiger partial charge in [0.1, 0.15) is 0 Å². The van der Waals surface area contributed by atoms with E-state index in [1.807, 2.05) is 11.9 Å². The van der Waals surface area contributed by atoms with Crippen LogP contribution in [0.25, 0.3) is 0 Å². The Morgan fingerprint density at radius 2 is 2.28 bits per heavy atom. The van der Waals surface area contributed by atoms with Crippen molar-refractivity contribution in [2.24, 2.45) is 5.92 Å². The van der Waals surface area contributed by atoms with Crippen LogP contribution in [0.5, 0.6) is 6.01 Å². The highest BCUT2D eigenvalue weighted by Gasteiger charge is 2.18. The smallest absolute Gasteiger partial charge is 0.322 e. The van der Waals surface area contributed by atoms with E-state index < -0.39 is 0 Å². The Morgan fingerprint density at radius 1 is 1.44 bits per heavy atom. The summed E-state index contributed by atoms with van der Waals surface area (Å²) in [5, 5.41) is 0.142. The number of rotatable bonds is 4. The summed E-state index contributed by atoms with van der Waals surface area (Å²) in [7, 11) is 3.43. The van der Waals surface area contributed by atoms with Crippen LogP contribution in [0.3, 0.4) is 0 Å². The van der Waals surface area contributed by atoms with E-state index in [0.29, 0.717) is 11.9 Å². The Labute approximate surface area is 111 Å². The number of hydrogen-bond acceptors (Lipinski definition) is 6. The van der Waals surface area contributed by atoms with Crippen molar-refractivity contribution < 1.29 is 9.47 Å². The lowest BCUT2D eigenvalue weighted by Crippen LogP contribution is -2.32. The highest BCUT2D eigenvalue weighted by Crippen LogP contribution is 2.18. The summed E-state index contributed by atoms with van der Waals surface area (Å²) in [5.41, 5.74) is 0. The van der Waals surface area contributed by atoms with Crippen molar-refractivity contribution in [2.45, 2.75) is 12.8 Å². The molecule has 0 aliphatic carbocycles. The van der Waals surface area contributed by atoms with Crippen LogP contribution in [0.1, 0.15) is 12.8 Å². The first kappa shape index (κ1) is 13.3. The summed E-state index contributed by atoms with van der Waals surface area (Å²) in [4.78, 5) is 14.1. The minimum atomic E-state index is 0.142. The summed E-state index contributed by atoms with van der Waals surface area (Å²) in [6.07, 6.45) is 2.28. The largest absolute Gasteiger partial charge is 0.467 e. The van der Waals surface area contributed by atoms with Gasteiger partial charge in [-0.25, -0.2) is 0 Å². The minimum Gasteiger partial charge on any atom is -0.467 e. The van der Waals surface area contributed by atoms with Gasteiger partial charge >= 0.3 is 6.01 Å². The van der Waals surface area contributed by atoms with Crippen molar-refractivity contribution in [1.29, 1.82) is 0 Å². The Bertz CT molecular complexity index is 399. The van der Waals surface area contributed by atoms with Crippen LogP contribution in [0, 0.1) is 5.92 Å². The van der Waals surface area contributed by atoms with Crippen LogP contribution in [0.4, 0.5) is 5.95 Å². The fraction of sp³-hybridized carbons (Fsp3) is 0.727. The van der Waals surface area contributed by atoms with Gasteiger partial charge in [0, 0.05) is 20.2 Å². The van der Waals surface area contributed by atoms with E-state index in [9.17, 15) is 0 Å². The van der Waals surface area contributed by atoms with Gasteiger partial charge in [-0.1, -0.05) is 0 Å². The summed E-state index contributed by atoms with van der Waals surface area (Å²) < 4.78 is 10.4. The molecule has 1 fully saturated rings. The Kier molecular flexibility index (Phi) is 4.54. The maximum Gasteiger partial charge on any atom is 0.322 e. The topological polar surface area (TPSA) is 60.4 Å². The summed E-state index contributed by atoms with van der Waals surface area (Å²) in [6.45, 7) is 2.50. The molecule has 1 aliphatic heterocycles. The zero-order valence-electron chi connectivity index (χ0n) is 10.6. The highest BCUT2D eigenvalue weighted by atomic mass is 35.5. The Hall–Kier alpha value is -1.14. The number of aromatic nitrogens is 3. The molecule has 0 aromatic carbocycles. The van der Waals surface area contributed by atoms with Gasteiger partial charge in [-0.2, -0.15) is 15.0 Å². The second-order valence-corrected chi connectivity index (χ2v) is 4.69. The first-order chi connectivity index (χ1) is 8.69. The number of anilines is 1. The molecule has 7 heteroatoms. The van der Waals surface area contributed by atoms with E-state index in [2.05, 4.69) is 15.0 Å². The molecule has 0 spiro atoms. The molecule has 100 valence electrons. The van der Waals surface area contributed by atoms with Gasteiger partial charge in [0.15, 0.2) is 0 Å². The summed E-state index contributed by atoms with van der Waals surface area (Å²) >= 11 is 5.82. The standard InChI is InChI=1S/C11H17ClN4O2/c1-16(6-8-4-3-5-18-7-8)10-13-9(12)14-11(15-10)17-2/h8H,3-7H2,1-2H3. The number of ether oxygens (including phenoxy) is 2. The number of methoxy groups -OCH3 is 1. The van der Waals surface area contributed by atoms with Gasteiger partial charge < -0.3 is 14.4 Å². The van der Waals surface area contributed by atoms with Gasteiger partial charge in [-0.3, -0.25) is 0 Å². The molecule has 0 N–H and O–H groups in total. The van der Waals surface area contributed by atoms with Gasteiger partial charge in [0.2, 0.25) is 11.2 Å². The van der Waals surface area contributed by atoms with Crippen LogP contribution < -0.4 is 9.64 Å². The SMILES string of the molecule is COc1nc(Cl)nc(N(C)CC2CCCOC2)n1. The van der Waals surface area contributed by atoms with E-state index in [0.717, 1.165) is 26.2 Å². The summed E-state index contributed by atoms with van der Waals surface area (Å²) in [6, 6.07) is 0.233. The molecule has 0 amide bonds. The van der Waals surface area contributed by atoms with Crippen molar-refractivity contribution in [3.63, 3.8) is 0 Å². The molecule has 6 nitrogen and oxygen atoms in total. The molecule has 0 bridgehead atoms. The third-order valence-corrected chi connectivity index (χ3v) is 3.06. The molecule has 2 heterocycles. The Balaban J connectivity index is 2.02. The minimum absolute atomic E-state index is 0.142. The molecule has 18 heavy (non-hydrogen) atoms. The van der Waals surface area contributed by atoms with E-state index in [1.165, 1.54) is 13.5 Å². The number of hydrogen-bond donors (Lipinski definition) is 0. The first-order valence-electron chi connectivity index (χ1n) is 5.93. The molecule has 1 aromatic rings. The number of halogens is 1.